The Hall–Kier alpha value is -1.76. The molecule has 1 heterocycles. The summed E-state index contributed by atoms with van der Waals surface area (Å²) in [5, 5.41) is 5.70. The van der Waals surface area contributed by atoms with E-state index in [1.807, 2.05) is 12.1 Å². The molecular formula is C16H15Cl2N3O2S. The first kappa shape index (κ1) is 18.6. The van der Waals surface area contributed by atoms with Crippen molar-refractivity contribution in [3.8, 4) is 0 Å². The summed E-state index contributed by atoms with van der Waals surface area (Å²) in [5.41, 5.74) is 0.709. The Labute approximate surface area is 154 Å². The summed E-state index contributed by atoms with van der Waals surface area (Å²) in [4.78, 5) is 28.1. The van der Waals surface area contributed by atoms with E-state index in [1.165, 1.54) is 30.9 Å². The van der Waals surface area contributed by atoms with Crippen molar-refractivity contribution < 1.29 is 9.59 Å². The summed E-state index contributed by atoms with van der Waals surface area (Å²) in [6.07, 6.45) is 1.42. The van der Waals surface area contributed by atoms with E-state index >= 15 is 0 Å². The molecule has 0 fully saturated rings. The van der Waals surface area contributed by atoms with Gasteiger partial charge in [-0.15, -0.1) is 11.8 Å². The van der Waals surface area contributed by atoms with Crippen LogP contribution in [0.1, 0.15) is 13.8 Å². The predicted molar refractivity (Wildman–Crippen MR) is 99.0 cm³/mol. The Morgan fingerprint density at radius 3 is 2.42 bits per heavy atom. The van der Waals surface area contributed by atoms with Crippen LogP contribution in [0.15, 0.2) is 41.4 Å². The third-order valence-corrected chi connectivity index (χ3v) is 4.51. The standard InChI is InChI=1S/C16H15Cl2N3O2S/c1-9(16(23)21-15-14(18)7-11(17)8-19-15)24-13-5-3-12(4-6-13)20-10(2)22/h3-9H,1-2H3,(H,20,22)(H,19,21,23). The summed E-state index contributed by atoms with van der Waals surface area (Å²) in [7, 11) is 0. The van der Waals surface area contributed by atoms with E-state index in [0.29, 0.717) is 10.7 Å². The van der Waals surface area contributed by atoms with E-state index in [-0.39, 0.29) is 27.9 Å². The maximum absolute atomic E-state index is 12.2. The molecule has 1 aromatic heterocycles. The van der Waals surface area contributed by atoms with E-state index in [4.69, 9.17) is 23.2 Å². The molecule has 2 aromatic rings. The third kappa shape index (κ3) is 5.40. The molecular weight excluding hydrogens is 369 g/mol. The zero-order chi connectivity index (χ0) is 17.7. The quantitative estimate of drug-likeness (QED) is 0.747. The highest BCUT2D eigenvalue weighted by Crippen LogP contribution is 2.27. The molecule has 5 nitrogen and oxygen atoms in total. The first-order valence-corrected chi connectivity index (χ1v) is 8.65. The number of nitrogens with one attached hydrogen (secondary N) is 2. The lowest BCUT2D eigenvalue weighted by Gasteiger charge is -2.13. The van der Waals surface area contributed by atoms with Crippen LogP contribution in [0, 0.1) is 0 Å². The Morgan fingerprint density at radius 1 is 1.17 bits per heavy atom. The molecule has 0 bridgehead atoms. The first-order valence-electron chi connectivity index (χ1n) is 7.01. The number of anilines is 2. The summed E-state index contributed by atoms with van der Waals surface area (Å²) in [6, 6.07) is 8.77. The molecule has 2 N–H and O–H groups in total. The lowest BCUT2D eigenvalue weighted by Crippen LogP contribution is -2.23. The lowest BCUT2D eigenvalue weighted by atomic mass is 10.3. The molecule has 0 radical (unpaired) electrons. The van der Waals surface area contributed by atoms with Crippen molar-refractivity contribution in [1.82, 2.24) is 4.98 Å². The minimum absolute atomic E-state index is 0.129. The number of rotatable bonds is 5. The molecule has 0 saturated carbocycles. The number of amides is 2. The van der Waals surface area contributed by atoms with Gasteiger partial charge in [0.1, 0.15) is 0 Å². The van der Waals surface area contributed by atoms with Crippen molar-refractivity contribution in [3.63, 3.8) is 0 Å². The average Bonchev–Trinajstić information content (AvgIpc) is 2.51. The van der Waals surface area contributed by atoms with Gasteiger partial charge in [0, 0.05) is 23.7 Å². The molecule has 0 aliphatic carbocycles. The van der Waals surface area contributed by atoms with Crippen LogP contribution >= 0.6 is 35.0 Å². The number of hydrogen-bond donors (Lipinski definition) is 2. The number of halogens is 2. The molecule has 126 valence electrons. The van der Waals surface area contributed by atoms with Crippen LogP contribution in [0.3, 0.4) is 0 Å². The van der Waals surface area contributed by atoms with Crippen LogP contribution in [0.4, 0.5) is 11.5 Å². The Bertz CT molecular complexity index is 753. The molecule has 1 aromatic carbocycles. The van der Waals surface area contributed by atoms with Crippen molar-refractivity contribution in [3.05, 3.63) is 46.6 Å². The zero-order valence-electron chi connectivity index (χ0n) is 13.0. The number of aromatic nitrogens is 1. The summed E-state index contributed by atoms with van der Waals surface area (Å²) in [5.74, 6) is -0.0716. The number of thioether (sulfide) groups is 1. The molecule has 2 amide bonds. The summed E-state index contributed by atoms with van der Waals surface area (Å²) < 4.78 is 0. The Kier molecular flexibility index (Phi) is 6.48. The molecule has 24 heavy (non-hydrogen) atoms. The normalized spacial score (nSPS) is 11.7. The van der Waals surface area contributed by atoms with Gasteiger partial charge in [0.25, 0.3) is 0 Å². The second-order valence-electron chi connectivity index (χ2n) is 4.94. The van der Waals surface area contributed by atoms with Gasteiger partial charge in [0.05, 0.1) is 15.3 Å². The van der Waals surface area contributed by atoms with Gasteiger partial charge in [0.15, 0.2) is 5.82 Å². The van der Waals surface area contributed by atoms with Gasteiger partial charge in [-0.2, -0.15) is 0 Å². The molecule has 1 unspecified atom stereocenters. The van der Waals surface area contributed by atoms with Crippen LogP contribution in [0.5, 0.6) is 0 Å². The molecule has 0 aliphatic heterocycles. The number of carbonyl (C=O) groups excluding carboxylic acids is 2. The van der Waals surface area contributed by atoms with E-state index < -0.39 is 0 Å². The van der Waals surface area contributed by atoms with Gasteiger partial charge < -0.3 is 10.6 Å². The van der Waals surface area contributed by atoms with Gasteiger partial charge in [-0.25, -0.2) is 4.98 Å². The molecule has 8 heteroatoms. The minimum atomic E-state index is -0.356. The maximum atomic E-state index is 12.2. The Balaban J connectivity index is 1.97. The number of hydrogen-bond acceptors (Lipinski definition) is 4. The first-order chi connectivity index (χ1) is 11.3. The van der Waals surface area contributed by atoms with Crippen molar-refractivity contribution in [2.75, 3.05) is 10.6 Å². The van der Waals surface area contributed by atoms with Crippen molar-refractivity contribution in [1.29, 1.82) is 0 Å². The second kappa shape index (κ2) is 8.37. The second-order valence-corrected chi connectivity index (χ2v) is 7.20. The summed E-state index contributed by atoms with van der Waals surface area (Å²) >= 11 is 13.2. The fraction of sp³-hybridized carbons (Fsp3) is 0.188. The van der Waals surface area contributed by atoms with Gasteiger partial charge in [-0.1, -0.05) is 23.2 Å². The molecule has 1 atom stereocenters. The highest BCUT2D eigenvalue weighted by molar-refractivity contribution is 8.00. The number of benzene rings is 1. The fourth-order valence-corrected chi connectivity index (χ4v) is 3.10. The Morgan fingerprint density at radius 2 is 1.83 bits per heavy atom. The number of pyridine rings is 1. The van der Waals surface area contributed by atoms with Crippen LogP contribution in [-0.2, 0) is 9.59 Å². The number of nitrogens with zero attached hydrogens (tertiary/aromatic N) is 1. The minimum Gasteiger partial charge on any atom is -0.326 e. The third-order valence-electron chi connectivity index (χ3n) is 2.91. The van der Waals surface area contributed by atoms with Gasteiger partial charge >= 0.3 is 0 Å². The van der Waals surface area contributed by atoms with E-state index in [0.717, 1.165) is 4.90 Å². The topological polar surface area (TPSA) is 71.1 Å². The smallest absolute Gasteiger partial charge is 0.238 e. The molecule has 0 spiro atoms. The van der Waals surface area contributed by atoms with E-state index in [1.54, 1.807) is 19.1 Å². The highest BCUT2D eigenvalue weighted by Gasteiger charge is 2.16. The van der Waals surface area contributed by atoms with Crippen molar-refractivity contribution in [2.24, 2.45) is 0 Å². The molecule has 0 saturated heterocycles. The van der Waals surface area contributed by atoms with Crippen molar-refractivity contribution in [2.45, 2.75) is 24.0 Å². The molecule has 2 rings (SSSR count). The fourth-order valence-electron chi connectivity index (χ4n) is 1.80. The van der Waals surface area contributed by atoms with E-state index in [2.05, 4.69) is 15.6 Å². The number of carbonyl (C=O) groups is 2. The van der Waals surface area contributed by atoms with Gasteiger partial charge in [-0.3, -0.25) is 9.59 Å². The lowest BCUT2D eigenvalue weighted by molar-refractivity contribution is -0.115. The highest BCUT2D eigenvalue weighted by atomic mass is 35.5. The van der Waals surface area contributed by atoms with Crippen LogP contribution in [0.2, 0.25) is 10.0 Å². The average molecular weight is 384 g/mol. The van der Waals surface area contributed by atoms with E-state index in [9.17, 15) is 9.59 Å². The monoisotopic (exact) mass is 383 g/mol. The van der Waals surface area contributed by atoms with Gasteiger partial charge in [-0.05, 0) is 37.3 Å². The zero-order valence-corrected chi connectivity index (χ0v) is 15.3. The van der Waals surface area contributed by atoms with Crippen molar-refractivity contribution >= 4 is 58.3 Å². The largest absolute Gasteiger partial charge is 0.326 e. The van der Waals surface area contributed by atoms with Crippen LogP contribution in [0.25, 0.3) is 0 Å². The SMILES string of the molecule is CC(=O)Nc1ccc(SC(C)C(=O)Nc2ncc(Cl)cc2Cl)cc1. The van der Waals surface area contributed by atoms with Crippen LogP contribution < -0.4 is 10.6 Å². The summed E-state index contributed by atoms with van der Waals surface area (Å²) in [6.45, 7) is 3.23. The van der Waals surface area contributed by atoms with Crippen LogP contribution in [-0.4, -0.2) is 22.0 Å². The predicted octanol–water partition coefficient (Wildman–Crippen LogP) is 4.47. The maximum Gasteiger partial charge on any atom is 0.238 e. The van der Waals surface area contributed by atoms with Gasteiger partial charge in [0.2, 0.25) is 11.8 Å². The molecule has 0 aliphatic rings.